The van der Waals surface area contributed by atoms with E-state index in [0.29, 0.717) is 37.2 Å². The van der Waals surface area contributed by atoms with Crippen molar-refractivity contribution in [3.8, 4) is 5.75 Å². The molecule has 1 fully saturated rings. The van der Waals surface area contributed by atoms with Gasteiger partial charge in [0.15, 0.2) is 0 Å². The summed E-state index contributed by atoms with van der Waals surface area (Å²) in [6, 6.07) is 7.30. The molecule has 0 radical (unpaired) electrons. The van der Waals surface area contributed by atoms with Crippen molar-refractivity contribution in [2.75, 3.05) is 24.2 Å². The zero-order chi connectivity index (χ0) is 18.4. The molecule has 7 heteroatoms. The van der Waals surface area contributed by atoms with Crippen LogP contribution in [0.15, 0.2) is 24.3 Å². The highest BCUT2D eigenvalue weighted by molar-refractivity contribution is 7.89. The summed E-state index contributed by atoms with van der Waals surface area (Å²) in [6.07, 6.45) is 1.97. The van der Waals surface area contributed by atoms with Crippen molar-refractivity contribution >= 4 is 21.6 Å². The molecule has 0 spiro atoms. The van der Waals surface area contributed by atoms with Crippen LogP contribution in [0.25, 0.3) is 0 Å². The minimum absolute atomic E-state index is 0.00223. The predicted octanol–water partition coefficient (Wildman–Crippen LogP) is 2.86. The third-order valence-electron chi connectivity index (χ3n) is 4.12. The van der Waals surface area contributed by atoms with Crippen molar-refractivity contribution in [3.63, 3.8) is 0 Å². The zero-order valence-electron chi connectivity index (χ0n) is 15.2. The Hall–Kier alpha value is -1.60. The number of benzene rings is 1. The van der Waals surface area contributed by atoms with Gasteiger partial charge < -0.3 is 10.1 Å². The first-order valence-electron chi connectivity index (χ1n) is 8.88. The minimum Gasteiger partial charge on any atom is -0.489 e. The van der Waals surface area contributed by atoms with E-state index < -0.39 is 10.0 Å². The Morgan fingerprint density at radius 2 is 2.08 bits per heavy atom. The number of hydrogen-bond donors (Lipinski definition) is 1. The van der Waals surface area contributed by atoms with Gasteiger partial charge in [-0.1, -0.05) is 19.1 Å². The van der Waals surface area contributed by atoms with Crippen LogP contribution in [0.5, 0.6) is 5.75 Å². The quantitative estimate of drug-likeness (QED) is 0.803. The molecule has 25 heavy (non-hydrogen) atoms. The smallest absolute Gasteiger partial charge is 0.228 e. The second-order valence-electron chi connectivity index (χ2n) is 6.67. The first-order valence-corrected chi connectivity index (χ1v) is 10.5. The van der Waals surface area contributed by atoms with Crippen molar-refractivity contribution in [2.24, 2.45) is 5.92 Å². The summed E-state index contributed by atoms with van der Waals surface area (Å²) in [5.74, 6) is 0.257. The number of piperidine rings is 1. The third-order valence-corrected chi connectivity index (χ3v) is 6.16. The molecule has 1 amide bonds. The number of sulfonamides is 1. The average Bonchev–Trinajstić information content (AvgIpc) is 2.56. The molecule has 1 aliphatic heterocycles. The van der Waals surface area contributed by atoms with Gasteiger partial charge in [-0.15, -0.1) is 0 Å². The molecule has 1 unspecified atom stereocenters. The molecule has 1 heterocycles. The van der Waals surface area contributed by atoms with Gasteiger partial charge in [0.2, 0.25) is 15.9 Å². The number of carbonyl (C=O) groups is 1. The number of hydrogen-bond acceptors (Lipinski definition) is 4. The van der Waals surface area contributed by atoms with E-state index in [2.05, 4.69) is 5.32 Å². The monoisotopic (exact) mass is 368 g/mol. The van der Waals surface area contributed by atoms with E-state index in [1.807, 2.05) is 39.0 Å². The van der Waals surface area contributed by atoms with E-state index in [0.717, 1.165) is 0 Å². The predicted molar refractivity (Wildman–Crippen MR) is 99.2 cm³/mol. The topological polar surface area (TPSA) is 75.7 Å². The van der Waals surface area contributed by atoms with Crippen LogP contribution < -0.4 is 10.1 Å². The Balaban J connectivity index is 2.06. The molecule has 1 N–H and O–H groups in total. The molecular formula is C18H28N2O4S. The third kappa shape index (κ3) is 5.44. The van der Waals surface area contributed by atoms with Crippen molar-refractivity contribution in [1.82, 2.24) is 4.31 Å². The van der Waals surface area contributed by atoms with Crippen LogP contribution in [0.1, 0.15) is 40.0 Å². The summed E-state index contributed by atoms with van der Waals surface area (Å²) in [7, 11) is -3.27. The number of anilines is 1. The maximum absolute atomic E-state index is 12.6. The molecule has 1 atom stereocenters. The molecule has 0 saturated carbocycles. The van der Waals surface area contributed by atoms with Gasteiger partial charge in [0.25, 0.3) is 0 Å². The van der Waals surface area contributed by atoms with Crippen LogP contribution in [0.2, 0.25) is 0 Å². The Labute approximate surface area is 150 Å². The fourth-order valence-corrected chi connectivity index (χ4v) is 4.55. The number of rotatable bonds is 7. The van der Waals surface area contributed by atoms with Crippen molar-refractivity contribution in [3.05, 3.63) is 24.3 Å². The van der Waals surface area contributed by atoms with E-state index in [4.69, 9.17) is 4.74 Å². The highest BCUT2D eigenvalue weighted by Gasteiger charge is 2.32. The summed E-state index contributed by atoms with van der Waals surface area (Å²) in [4.78, 5) is 12.6. The van der Waals surface area contributed by atoms with E-state index in [1.54, 1.807) is 6.07 Å². The van der Waals surface area contributed by atoms with Gasteiger partial charge in [-0.05, 0) is 45.2 Å². The maximum Gasteiger partial charge on any atom is 0.228 e. The average molecular weight is 368 g/mol. The summed E-state index contributed by atoms with van der Waals surface area (Å²) < 4.78 is 31.7. The lowest BCUT2D eigenvalue weighted by molar-refractivity contribution is -0.120. The Kier molecular flexibility index (Phi) is 6.84. The van der Waals surface area contributed by atoms with Crippen molar-refractivity contribution in [2.45, 2.75) is 46.1 Å². The minimum atomic E-state index is -3.27. The molecule has 0 aliphatic carbocycles. The van der Waals surface area contributed by atoms with E-state index in [9.17, 15) is 13.2 Å². The summed E-state index contributed by atoms with van der Waals surface area (Å²) in [5, 5.41) is 2.90. The summed E-state index contributed by atoms with van der Waals surface area (Å²) in [5.41, 5.74) is 0.620. The largest absolute Gasteiger partial charge is 0.489 e. The highest BCUT2D eigenvalue weighted by Crippen LogP contribution is 2.27. The lowest BCUT2D eigenvalue weighted by Crippen LogP contribution is -2.44. The van der Waals surface area contributed by atoms with Gasteiger partial charge in [-0.3, -0.25) is 4.79 Å². The Morgan fingerprint density at radius 3 is 2.76 bits per heavy atom. The standard InChI is InChI=1S/C18H28N2O4S/c1-4-12-25(22,23)20-11-7-8-15(13-20)18(21)19-16-9-5-6-10-17(16)24-14(2)3/h5-6,9-10,14-15H,4,7-8,11-13H2,1-3H3,(H,19,21). The maximum atomic E-state index is 12.6. The number of carbonyl (C=O) groups excluding carboxylic acids is 1. The molecule has 1 saturated heterocycles. The highest BCUT2D eigenvalue weighted by atomic mass is 32.2. The van der Waals surface area contributed by atoms with Gasteiger partial charge in [0, 0.05) is 13.1 Å². The number of nitrogens with one attached hydrogen (secondary N) is 1. The van der Waals surface area contributed by atoms with Crippen LogP contribution >= 0.6 is 0 Å². The van der Waals surface area contributed by atoms with Crippen molar-refractivity contribution in [1.29, 1.82) is 0 Å². The number of para-hydroxylation sites is 2. The summed E-state index contributed by atoms with van der Waals surface area (Å²) >= 11 is 0. The molecule has 0 bridgehead atoms. The molecule has 6 nitrogen and oxygen atoms in total. The van der Waals surface area contributed by atoms with E-state index >= 15 is 0 Å². The van der Waals surface area contributed by atoms with Crippen LogP contribution in [0.3, 0.4) is 0 Å². The Morgan fingerprint density at radius 1 is 1.36 bits per heavy atom. The molecule has 2 rings (SSSR count). The van der Waals surface area contributed by atoms with Crippen LogP contribution in [0, 0.1) is 5.92 Å². The lowest BCUT2D eigenvalue weighted by Gasteiger charge is -2.31. The van der Waals surface area contributed by atoms with Gasteiger partial charge >= 0.3 is 0 Å². The zero-order valence-corrected chi connectivity index (χ0v) is 16.0. The molecule has 1 aromatic rings. The van der Waals surface area contributed by atoms with E-state index in [1.165, 1.54) is 4.31 Å². The first kappa shape index (κ1) is 19.7. The number of nitrogens with zero attached hydrogens (tertiary/aromatic N) is 1. The second-order valence-corrected chi connectivity index (χ2v) is 8.75. The molecular weight excluding hydrogens is 340 g/mol. The van der Waals surface area contributed by atoms with Crippen molar-refractivity contribution < 1.29 is 17.9 Å². The first-order chi connectivity index (χ1) is 11.8. The molecule has 1 aromatic carbocycles. The number of ether oxygens (including phenoxy) is 1. The fraction of sp³-hybridized carbons (Fsp3) is 0.611. The van der Waals surface area contributed by atoms with Gasteiger partial charge in [-0.25, -0.2) is 12.7 Å². The molecule has 0 aromatic heterocycles. The molecule has 140 valence electrons. The van der Waals surface area contributed by atoms with Gasteiger partial charge in [-0.2, -0.15) is 0 Å². The number of amides is 1. The van der Waals surface area contributed by atoms with Gasteiger partial charge in [0.1, 0.15) is 5.75 Å². The van der Waals surface area contributed by atoms with E-state index in [-0.39, 0.29) is 30.2 Å². The summed E-state index contributed by atoms with van der Waals surface area (Å²) in [6.45, 7) is 6.45. The Bertz CT molecular complexity index is 688. The SMILES string of the molecule is CCCS(=O)(=O)N1CCCC(C(=O)Nc2ccccc2OC(C)C)C1. The second kappa shape index (κ2) is 8.67. The van der Waals surface area contributed by atoms with Gasteiger partial charge in [0.05, 0.1) is 23.5 Å². The van der Waals surface area contributed by atoms with Crippen LogP contribution in [-0.2, 0) is 14.8 Å². The normalized spacial score (nSPS) is 19.0. The fourth-order valence-electron chi connectivity index (χ4n) is 2.96. The van der Waals surface area contributed by atoms with Crippen LogP contribution in [-0.4, -0.2) is 43.6 Å². The lowest BCUT2D eigenvalue weighted by atomic mass is 9.98. The van der Waals surface area contributed by atoms with Crippen LogP contribution in [0.4, 0.5) is 5.69 Å². The molecule has 1 aliphatic rings.